The Balaban J connectivity index is 1.44. The molecule has 1 aromatic heterocycles. The summed E-state index contributed by atoms with van der Waals surface area (Å²) in [6.45, 7) is 2.48. The van der Waals surface area contributed by atoms with Gasteiger partial charge in [0.25, 0.3) is 15.9 Å². The SMILES string of the molecule is Cc1nc(Cl)c(C=CC(=O)NS(=O)(=O)C=Cc2ccccc2)n1Cc1ccc(COc2ccccc2)cc1Cl. The van der Waals surface area contributed by atoms with Crippen molar-refractivity contribution in [2.75, 3.05) is 0 Å². The van der Waals surface area contributed by atoms with E-state index in [4.69, 9.17) is 27.9 Å². The topological polar surface area (TPSA) is 90.3 Å². The lowest BCUT2D eigenvalue weighted by Gasteiger charge is -2.12. The molecule has 10 heteroatoms. The molecular weight excluding hydrogens is 557 g/mol. The van der Waals surface area contributed by atoms with E-state index in [9.17, 15) is 13.2 Å². The van der Waals surface area contributed by atoms with Crippen molar-refractivity contribution in [3.63, 3.8) is 0 Å². The number of amides is 1. The number of carbonyl (C=O) groups is 1. The first-order valence-corrected chi connectivity index (χ1v) is 14.2. The van der Waals surface area contributed by atoms with Crippen molar-refractivity contribution in [3.8, 4) is 5.75 Å². The second kappa shape index (κ2) is 12.8. The number of halogens is 2. The van der Waals surface area contributed by atoms with E-state index in [-0.39, 0.29) is 5.15 Å². The maximum Gasteiger partial charge on any atom is 0.257 e. The van der Waals surface area contributed by atoms with E-state index >= 15 is 0 Å². The zero-order valence-electron chi connectivity index (χ0n) is 20.9. The third kappa shape index (κ3) is 8.07. The van der Waals surface area contributed by atoms with Gasteiger partial charge in [-0.1, -0.05) is 83.9 Å². The van der Waals surface area contributed by atoms with Gasteiger partial charge in [-0.15, -0.1) is 0 Å². The van der Waals surface area contributed by atoms with E-state index < -0.39 is 15.9 Å². The number of ether oxygens (including phenoxy) is 1. The van der Waals surface area contributed by atoms with Gasteiger partial charge in [-0.2, -0.15) is 0 Å². The number of benzene rings is 3. The number of hydrogen-bond acceptors (Lipinski definition) is 5. The van der Waals surface area contributed by atoms with Crippen molar-refractivity contribution in [2.45, 2.75) is 20.1 Å². The molecule has 0 unspecified atom stereocenters. The van der Waals surface area contributed by atoms with Crippen LogP contribution in [0.3, 0.4) is 0 Å². The Bertz CT molecular complexity index is 1620. The van der Waals surface area contributed by atoms with Gasteiger partial charge in [0, 0.05) is 11.1 Å². The third-order valence-corrected chi connectivity index (χ3v) is 7.23. The molecule has 4 aromatic rings. The first kappa shape index (κ1) is 28.2. The maximum atomic E-state index is 12.4. The van der Waals surface area contributed by atoms with Crippen molar-refractivity contribution in [1.82, 2.24) is 14.3 Å². The largest absolute Gasteiger partial charge is 0.489 e. The molecule has 0 radical (unpaired) electrons. The minimum absolute atomic E-state index is 0.174. The molecule has 39 heavy (non-hydrogen) atoms. The molecule has 7 nitrogen and oxygen atoms in total. The highest BCUT2D eigenvalue weighted by Crippen LogP contribution is 2.25. The molecule has 1 amide bonds. The molecular formula is C29H25Cl2N3O4S. The van der Waals surface area contributed by atoms with E-state index in [2.05, 4.69) is 4.98 Å². The number of nitrogens with one attached hydrogen (secondary N) is 1. The molecule has 0 saturated heterocycles. The quantitative estimate of drug-likeness (QED) is 0.223. The monoisotopic (exact) mass is 581 g/mol. The van der Waals surface area contributed by atoms with Gasteiger partial charge in [0.05, 0.1) is 17.6 Å². The third-order valence-electron chi connectivity index (χ3n) is 5.62. The summed E-state index contributed by atoms with van der Waals surface area (Å²) in [5.74, 6) is 0.544. The van der Waals surface area contributed by atoms with Crippen LogP contribution in [-0.2, 0) is 28.0 Å². The van der Waals surface area contributed by atoms with Gasteiger partial charge in [-0.25, -0.2) is 18.1 Å². The lowest BCUT2D eigenvalue weighted by Crippen LogP contribution is -2.26. The Morgan fingerprint density at radius 3 is 2.38 bits per heavy atom. The predicted molar refractivity (Wildman–Crippen MR) is 155 cm³/mol. The maximum absolute atomic E-state index is 12.4. The number of imidazole rings is 1. The van der Waals surface area contributed by atoms with Gasteiger partial charge in [-0.05, 0) is 54.0 Å². The summed E-state index contributed by atoms with van der Waals surface area (Å²) in [5.41, 5.74) is 2.85. The zero-order valence-corrected chi connectivity index (χ0v) is 23.2. The number of sulfonamides is 1. The fraction of sp³-hybridized carbons (Fsp3) is 0.103. The highest BCUT2D eigenvalue weighted by Gasteiger charge is 2.15. The average molecular weight is 583 g/mol. The molecule has 0 aliphatic carbocycles. The van der Waals surface area contributed by atoms with Crippen LogP contribution in [0, 0.1) is 6.92 Å². The van der Waals surface area contributed by atoms with Crippen LogP contribution in [0.2, 0.25) is 10.2 Å². The van der Waals surface area contributed by atoms with Crippen LogP contribution >= 0.6 is 23.2 Å². The lowest BCUT2D eigenvalue weighted by atomic mass is 10.1. The standard InChI is InChI=1S/C29H25Cl2N3O4S/c1-21-32-29(31)27(14-15-28(35)33-39(36,37)17-16-22-8-4-2-5-9-22)34(21)19-24-13-12-23(18-26(24)30)20-38-25-10-6-3-7-11-25/h2-18H,19-20H2,1H3,(H,33,35). The molecule has 0 aliphatic rings. The van der Waals surface area contributed by atoms with Crippen LogP contribution in [0.5, 0.6) is 5.75 Å². The van der Waals surface area contributed by atoms with E-state index in [0.29, 0.717) is 35.3 Å². The van der Waals surface area contributed by atoms with Crippen LogP contribution in [-0.4, -0.2) is 23.9 Å². The molecule has 1 heterocycles. The van der Waals surface area contributed by atoms with E-state index in [0.717, 1.165) is 28.4 Å². The van der Waals surface area contributed by atoms with E-state index in [1.807, 2.05) is 59.3 Å². The minimum Gasteiger partial charge on any atom is -0.489 e. The fourth-order valence-corrected chi connectivity index (χ4v) is 4.96. The minimum atomic E-state index is -3.99. The van der Waals surface area contributed by atoms with Crippen molar-refractivity contribution in [3.05, 3.63) is 129 Å². The molecule has 0 saturated carbocycles. The second-order valence-electron chi connectivity index (χ2n) is 8.51. The first-order chi connectivity index (χ1) is 18.7. The molecule has 0 atom stereocenters. The summed E-state index contributed by atoms with van der Waals surface area (Å²) >= 11 is 12.9. The normalized spacial score (nSPS) is 11.8. The Morgan fingerprint density at radius 2 is 1.69 bits per heavy atom. The van der Waals surface area contributed by atoms with Gasteiger partial charge in [0.1, 0.15) is 18.2 Å². The lowest BCUT2D eigenvalue weighted by molar-refractivity contribution is -0.114. The number of nitrogens with zero attached hydrogens (tertiary/aromatic N) is 2. The molecule has 200 valence electrons. The van der Waals surface area contributed by atoms with Gasteiger partial charge in [-0.3, -0.25) is 4.79 Å². The number of carbonyl (C=O) groups excluding carboxylic acids is 1. The van der Waals surface area contributed by atoms with Crippen LogP contribution in [0.25, 0.3) is 12.2 Å². The molecule has 0 spiro atoms. The second-order valence-corrected chi connectivity index (χ2v) is 10.8. The molecule has 0 fully saturated rings. The van der Waals surface area contributed by atoms with Crippen LogP contribution in [0.1, 0.15) is 28.2 Å². The van der Waals surface area contributed by atoms with E-state index in [1.165, 1.54) is 12.2 Å². The van der Waals surface area contributed by atoms with Gasteiger partial charge >= 0.3 is 0 Å². The molecule has 0 aliphatic heterocycles. The zero-order chi connectivity index (χ0) is 27.8. The Hall–Kier alpha value is -3.85. The fourth-order valence-electron chi connectivity index (χ4n) is 3.66. The molecule has 1 N–H and O–H groups in total. The average Bonchev–Trinajstić information content (AvgIpc) is 3.18. The smallest absolute Gasteiger partial charge is 0.257 e. The highest BCUT2D eigenvalue weighted by atomic mass is 35.5. The summed E-state index contributed by atoms with van der Waals surface area (Å²) in [6, 6.07) is 24.0. The number of aryl methyl sites for hydroxylation is 1. The summed E-state index contributed by atoms with van der Waals surface area (Å²) in [5, 5.41) is 1.65. The Labute approximate surface area is 237 Å². The predicted octanol–water partition coefficient (Wildman–Crippen LogP) is 6.26. The van der Waals surface area contributed by atoms with Crippen molar-refractivity contribution < 1.29 is 17.9 Å². The van der Waals surface area contributed by atoms with Crippen LogP contribution in [0.4, 0.5) is 0 Å². The number of aromatic nitrogens is 2. The summed E-state index contributed by atoms with van der Waals surface area (Å²) in [4.78, 5) is 16.7. The van der Waals surface area contributed by atoms with Crippen molar-refractivity contribution in [1.29, 1.82) is 0 Å². The van der Waals surface area contributed by atoms with Crippen molar-refractivity contribution >= 4 is 51.3 Å². The summed E-state index contributed by atoms with van der Waals surface area (Å²) in [6.07, 6.45) is 3.92. The van der Waals surface area contributed by atoms with E-state index in [1.54, 1.807) is 35.8 Å². The van der Waals surface area contributed by atoms with Gasteiger partial charge < -0.3 is 9.30 Å². The number of rotatable bonds is 10. The highest BCUT2D eigenvalue weighted by molar-refractivity contribution is 7.93. The van der Waals surface area contributed by atoms with Crippen LogP contribution in [0.15, 0.2) is 90.3 Å². The Morgan fingerprint density at radius 1 is 1.00 bits per heavy atom. The first-order valence-electron chi connectivity index (χ1n) is 11.9. The summed E-state index contributed by atoms with van der Waals surface area (Å²) in [7, 11) is -3.99. The Kier molecular flexibility index (Phi) is 9.24. The summed E-state index contributed by atoms with van der Waals surface area (Å²) < 4.78 is 34.1. The van der Waals surface area contributed by atoms with Crippen molar-refractivity contribution in [2.24, 2.45) is 0 Å². The molecule has 0 bridgehead atoms. The number of hydrogen-bond donors (Lipinski definition) is 1. The van der Waals surface area contributed by atoms with Gasteiger partial charge in [0.15, 0.2) is 5.15 Å². The number of para-hydroxylation sites is 1. The molecule has 3 aromatic carbocycles. The van der Waals surface area contributed by atoms with Gasteiger partial charge in [0.2, 0.25) is 0 Å². The molecule has 4 rings (SSSR count). The van der Waals surface area contributed by atoms with Crippen LogP contribution < -0.4 is 9.46 Å².